The number of hydrogen-bond donors (Lipinski definition) is 1. The van der Waals surface area contributed by atoms with Gasteiger partial charge in [0.2, 0.25) is 11.8 Å². The zero-order chi connectivity index (χ0) is 18.5. The average Bonchev–Trinajstić information content (AvgIpc) is 2.98. The fraction of sp³-hybridized carbons (Fsp3) is 0.500. The molecule has 2 aromatic rings. The third kappa shape index (κ3) is 4.83. The molecule has 1 heterocycles. The van der Waals surface area contributed by atoms with Crippen LogP contribution in [0.25, 0.3) is 11.5 Å². The second kappa shape index (κ2) is 8.96. The molecule has 1 saturated carbocycles. The van der Waals surface area contributed by atoms with E-state index in [-0.39, 0.29) is 5.91 Å². The second-order valence-electron chi connectivity index (χ2n) is 6.93. The van der Waals surface area contributed by atoms with Crippen LogP contribution in [0.1, 0.15) is 44.1 Å². The summed E-state index contributed by atoms with van der Waals surface area (Å²) in [7, 11) is 0. The molecule has 0 unspecified atom stereocenters. The highest BCUT2D eigenvalue weighted by Crippen LogP contribution is 2.29. The van der Waals surface area contributed by atoms with Crippen molar-refractivity contribution < 1.29 is 9.21 Å². The Morgan fingerprint density at radius 3 is 2.88 bits per heavy atom. The van der Waals surface area contributed by atoms with Gasteiger partial charge in [0, 0.05) is 11.8 Å². The van der Waals surface area contributed by atoms with E-state index in [0.29, 0.717) is 34.4 Å². The van der Waals surface area contributed by atoms with E-state index in [9.17, 15) is 4.79 Å². The SMILES string of the molecule is Cc1oc(-c2ccccc2Cl)nc1CSCC(=O)N[C@@H]1CCCC[C@@H]1C. The van der Waals surface area contributed by atoms with E-state index in [0.717, 1.165) is 23.4 Å². The zero-order valence-electron chi connectivity index (χ0n) is 15.3. The van der Waals surface area contributed by atoms with Crippen LogP contribution in [0.2, 0.25) is 5.02 Å². The maximum absolute atomic E-state index is 12.2. The van der Waals surface area contributed by atoms with Gasteiger partial charge in [-0.3, -0.25) is 4.79 Å². The topological polar surface area (TPSA) is 55.1 Å². The van der Waals surface area contributed by atoms with Crippen LogP contribution >= 0.6 is 23.4 Å². The average molecular weight is 393 g/mol. The summed E-state index contributed by atoms with van der Waals surface area (Å²) in [5.74, 6) is 3.08. The maximum atomic E-state index is 12.2. The third-order valence-electron chi connectivity index (χ3n) is 4.93. The number of thioether (sulfide) groups is 1. The molecule has 2 atom stereocenters. The van der Waals surface area contributed by atoms with Gasteiger partial charge < -0.3 is 9.73 Å². The smallest absolute Gasteiger partial charge is 0.230 e. The van der Waals surface area contributed by atoms with E-state index in [4.69, 9.17) is 16.0 Å². The van der Waals surface area contributed by atoms with Crippen LogP contribution < -0.4 is 5.32 Å². The van der Waals surface area contributed by atoms with Crippen molar-refractivity contribution in [3.05, 3.63) is 40.7 Å². The van der Waals surface area contributed by atoms with E-state index < -0.39 is 0 Å². The van der Waals surface area contributed by atoms with Crippen LogP contribution in [-0.4, -0.2) is 22.7 Å². The highest BCUT2D eigenvalue weighted by molar-refractivity contribution is 7.99. The first kappa shape index (κ1) is 19.3. The lowest BCUT2D eigenvalue weighted by molar-refractivity contribution is -0.119. The van der Waals surface area contributed by atoms with Gasteiger partial charge in [-0.2, -0.15) is 0 Å². The lowest BCUT2D eigenvalue weighted by Gasteiger charge is -2.29. The molecule has 6 heteroatoms. The monoisotopic (exact) mass is 392 g/mol. The minimum Gasteiger partial charge on any atom is -0.441 e. The van der Waals surface area contributed by atoms with Crippen molar-refractivity contribution >= 4 is 29.3 Å². The van der Waals surface area contributed by atoms with Crippen LogP contribution in [0.5, 0.6) is 0 Å². The third-order valence-corrected chi connectivity index (χ3v) is 6.20. The van der Waals surface area contributed by atoms with Crippen molar-refractivity contribution in [2.45, 2.75) is 51.3 Å². The Morgan fingerprint density at radius 2 is 2.12 bits per heavy atom. The van der Waals surface area contributed by atoms with Gasteiger partial charge in [0.1, 0.15) is 5.76 Å². The van der Waals surface area contributed by atoms with E-state index in [1.165, 1.54) is 19.3 Å². The molecule has 1 aliphatic rings. The summed E-state index contributed by atoms with van der Waals surface area (Å²) < 4.78 is 5.77. The number of nitrogens with zero attached hydrogens (tertiary/aromatic N) is 1. The first-order valence-corrected chi connectivity index (χ1v) is 10.7. The van der Waals surface area contributed by atoms with Crippen molar-refractivity contribution in [3.8, 4) is 11.5 Å². The van der Waals surface area contributed by atoms with E-state index in [1.54, 1.807) is 11.8 Å². The largest absolute Gasteiger partial charge is 0.441 e. The number of rotatable bonds is 6. The van der Waals surface area contributed by atoms with E-state index in [2.05, 4.69) is 17.2 Å². The van der Waals surface area contributed by atoms with Gasteiger partial charge in [-0.05, 0) is 37.8 Å². The number of nitrogens with one attached hydrogen (secondary N) is 1. The highest BCUT2D eigenvalue weighted by Gasteiger charge is 2.22. The Bertz CT molecular complexity index is 762. The molecule has 1 aliphatic carbocycles. The fourth-order valence-electron chi connectivity index (χ4n) is 3.33. The molecule has 0 aliphatic heterocycles. The molecule has 0 spiro atoms. The predicted octanol–water partition coefficient (Wildman–Crippen LogP) is 5.23. The molecule has 1 aromatic carbocycles. The van der Waals surface area contributed by atoms with Crippen molar-refractivity contribution in [2.75, 3.05) is 5.75 Å². The second-order valence-corrected chi connectivity index (χ2v) is 8.32. The summed E-state index contributed by atoms with van der Waals surface area (Å²) in [5.41, 5.74) is 1.65. The molecule has 26 heavy (non-hydrogen) atoms. The van der Waals surface area contributed by atoms with Gasteiger partial charge in [0.05, 0.1) is 22.0 Å². The molecular weight excluding hydrogens is 368 g/mol. The van der Waals surface area contributed by atoms with Gasteiger partial charge in [-0.15, -0.1) is 11.8 Å². The number of oxazole rings is 1. The fourth-order valence-corrected chi connectivity index (χ4v) is 4.38. The summed E-state index contributed by atoms with van der Waals surface area (Å²) in [5, 5.41) is 3.81. The summed E-state index contributed by atoms with van der Waals surface area (Å²) in [6, 6.07) is 7.83. The minimum atomic E-state index is 0.112. The summed E-state index contributed by atoms with van der Waals surface area (Å²) in [6.07, 6.45) is 4.80. The van der Waals surface area contributed by atoms with Crippen LogP contribution in [0.4, 0.5) is 0 Å². The quantitative estimate of drug-likeness (QED) is 0.731. The Morgan fingerprint density at radius 1 is 1.35 bits per heavy atom. The molecule has 4 nitrogen and oxygen atoms in total. The van der Waals surface area contributed by atoms with Gasteiger partial charge in [0.15, 0.2) is 0 Å². The molecule has 1 N–H and O–H groups in total. The Kier molecular flexibility index (Phi) is 6.65. The van der Waals surface area contributed by atoms with Gasteiger partial charge in [-0.1, -0.05) is 43.5 Å². The molecule has 1 fully saturated rings. The molecule has 0 saturated heterocycles. The number of amides is 1. The molecule has 1 aromatic heterocycles. The lowest BCUT2D eigenvalue weighted by atomic mass is 9.86. The molecule has 3 rings (SSSR count). The zero-order valence-corrected chi connectivity index (χ0v) is 16.8. The Labute approximate surface area is 164 Å². The van der Waals surface area contributed by atoms with E-state index in [1.807, 2.05) is 31.2 Å². The molecule has 0 bridgehead atoms. The number of carbonyl (C=O) groups is 1. The first-order valence-electron chi connectivity index (χ1n) is 9.13. The Balaban J connectivity index is 1.52. The number of hydrogen-bond acceptors (Lipinski definition) is 4. The maximum Gasteiger partial charge on any atom is 0.230 e. The number of carbonyl (C=O) groups excluding carboxylic acids is 1. The van der Waals surface area contributed by atoms with Crippen LogP contribution in [0.3, 0.4) is 0 Å². The van der Waals surface area contributed by atoms with Crippen molar-refractivity contribution in [1.29, 1.82) is 0 Å². The minimum absolute atomic E-state index is 0.112. The van der Waals surface area contributed by atoms with Crippen LogP contribution in [0.15, 0.2) is 28.7 Å². The standard InChI is InChI=1S/C20H25ClN2O2S/c1-13-7-3-6-10-17(13)22-19(24)12-26-11-18-14(2)25-20(23-18)15-8-4-5-9-16(15)21/h4-5,8-9,13,17H,3,6-7,10-12H2,1-2H3,(H,22,24)/t13-,17+/m0/s1. The van der Waals surface area contributed by atoms with Gasteiger partial charge in [0.25, 0.3) is 0 Å². The normalized spacial score (nSPS) is 20.1. The predicted molar refractivity (Wildman–Crippen MR) is 107 cm³/mol. The van der Waals surface area contributed by atoms with Crippen molar-refractivity contribution in [2.24, 2.45) is 5.92 Å². The van der Waals surface area contributed by atoms with Crippen LogP contribution in [-0.2, 0) is 10.5 Å². The number of benzene rings is 1. The summed E-state index contributed by atoms with van der Waals surface area (Å²) in [4.78, 5) is 16.8. The highest BCUT2D eigenvalue weighted by atomic mass is 35.5. The van der Waals surface area contributed by atoms with Crippen LogP contribution in [0, 0.1) is 12.8 Å². The number of aromatic nitrogens is 1. The molecule has 140 valence electrons. The molecular formula is C20H25ClN2O2S. The van der Waals surface area contributed by atoms with Gasteiger partial charge >= 0.3 is 0 Å². The first-order chi connectivity index (χ1) is 12.5. The van der Waals surface area contributed by atoms with Gasteiger partial charge in [-0.25, -0.2) is 4.98 Å². The number of aryl methyl sites for hydroxylation is 1. The van der Waals surface area contributed by atoms with Crippen molar-refractivity contribution in [1.82, 2.24) is 10.3 Å². The van der Waals surface area contributed by atoms with Crippen molar-refractivity contribution in [3.63, 3.8) is 0 Å². The van der Waals surface area contributed by atoms with E-state index >= 15 is 0 Å². The lowest BCUT2D eigenvalue weighted by Crippen LogP contribution is -2.41. The Hall–Kier alpha value is -1.46. The molecule has 0 radical (unpaired) electrons. The molecule has 1 amide bonds. The summed E-state index contributed by atoms with van der Waals surface area (Å²) >= 11 is 7.78. The summed E-state index contributed by atoms with van der Waals surface area (Å²) in [6.45, 7) is 4.12. The number of halogens is 1.